The number of hydrogen-bond donors (Lipinski definition) is 0. The second kappa shape index (κ2) is 6.75. The zero-order chi connectivity index (χ0) is 21.2. The van der Waals surface area contributed by atoms with E-state index < -0.39 is 13.4 Å². The Hall–Kier alpha value is -3.00. The minimum Gasteiger partial charge on any atom is -0.358 e. The first-order chi connectivity index (χ1) is 15.2. The van der Waals surface area contributed by atoms with Crippen LogP contribution in [-0.2, 0) is 16.8 Å². The monoisotopic (exact) mass is 424 g/mol. The van der Waals surface area contributed by atoms with Gasteiger partial charge in [0.05, 0.1) is 10.9 Å². The van der Waals surface area contributed by atoms with Gasteiger partial charge < -0.3 is 4.74 Å². The average Bonchev–Trinajstić information content (AvgIpc) is 3.17. The molecule has 2 atom stereocenters. The largest absolute Gasteiger partial charge is 0.448 e. The molecular formula is C27H25N2OP+2. The molecule has 3 nitrogen and oxygen atoms in total. The van der Waals surface area contributed by atoms with E-state index >= 15 is 0 Å². The molecule has 0 radical (unpaired) electrons. The van der Waals surface area contributed by atoms with Crippen LogP contribution < -0.4 is 8.50 Å². The topological polar surface area (TPSA) is 17.2 Å². The summed E-state index contributed by atoms with van der Waals surface area (Å²) in [6.07, 6.45) is 1.01. The number of pyridine rings is 2. The van der Waals surface area contributed by atoms with Crippen LogP contribution >= 0.6 is 7.84 Å². The van der Waals surface area contributed by atoms with Crippen molar-refractivity contribution in [3.63, 3.8) is 0 Å². The molecule has 0 spiro atoms. The van der Waals surface area contributed by atoms with Crippen LogP contribution in [0.1, 0.15) is 30.8 Å². The van der Waals surface area contributed by atoms with Gasteiger partial charge >= 0.3 is 7.84 Å². The van der Waals surface area contributed by atoms with Crippen LogP contribution in [0.5, 0.6) is 0 Å². The molecule has 0 bridgehead atoms. The minimum absolute atomic E-state index is 0.534. The predicted octanol–water partition coefficient (Wildman–Crippen LogP) is 5.62. The van der Waals surface area contributed by atoms with Gasteiger partial charge in [-0.15, -0.1) is 0 Å². The fraction of sp³-hybridized carbons (Fsp3) is 0.185. The van der Waals surface area contributed by atoms with Crippen molar-refractivity contribution in [3.8, 4) is 11.3 Å². The van der Waals surface area contributed by atoms with Crippen molar-refractivity contribution in [3.05, 3.63) is 102 Å². The molecule has 0 amide bonds. The Morgan fingerprint density at radius 2 is 1.58 bits per heavy atom. The molecule has 0 N–H and O–H groups in total. The standard InChI is InChI=1S/C27H25N2OP/c1-4-19-11-5-6-12-20(19)22-14-9-17-25-27(2,30-3)26-18-10-15-23-21-13-7-8-16-24(21)31(28(22)25)29(23)26/h5-18H,4H2,1-3H3/q+2. The van der Waals surface area contributed by atoms with E-state index in [1.54, 1.807) is 0 Å². The van der Waals surface area contributed by atoms with Crippen LogP contribution in [0.3, 0.4) is 0 Å². The first-order valence-corrected chi connectivity index (χ1v) is 12.1. The lowest BCUT2D eigenvalue weighted by molar-refractivity contribution is -0.602. The number of methoxy groups -OCH3 is 1. The molecule has 4 heterocycles. The van der Waals surface area contributed by atoms with E-state index in [0.717, 1.165) is 6.42 Å². The molecular weight excluding hydrogens is 399 g/mol. The van der Waals surface area contributed by atoms with E-state index in [1.165, 1.54) is 44.2 Å². The Balaban J connectivity index is 1.86. The van der Waals surface area contributed by atoms with Crippen molar-refractivity contribution in [1.29, 1.82) is 0 Å². The highest BCUT2D eigenvalue weighted by atomic mass is 31.1. The highest BCUT2D eigenvalue weighted by Crippen LogP contribution is 2.44. The number of rotatable bonds is 3. The molecule has 2 unspecified atom stereocenters. The van der Waals surface area contributed by atoms with E-state index in [0.29, 0.717) is 0 Å². The fourth-order valence-corrected chi connectivity index (χ4v) is 8.04. The maximum absolute atomic E-state index is 6.28. The smallest absolute Gasteiger partial charge is 0.358 e. The molecule has 152 valence electrons. The van der Waals surface area contributed by atoms with Crippen molar-refractivity contribution in [2.75, 3.05) is 7.11 Å². The highest BCUT2D eigenvalue weighted by molar-refractivity contribution is 7.42. The van der Waals surface area contributed by atoms with Gasteiger partial charge in [-0.05, 0) is 49.2 Å². The number of fused-ring (bicyclic) bond motifs is 5. The Morgan fingerprint density at radius 1 is 0.839 bits per heavy atom. The minimum atomic E-state index is -0.797. The summed E-state index contributed by atoms with van der Waals surface area (Å²) >= 11 is 0. The van der Waals surface area contributed by atoms with Gasteiger partial charge in [-0.3, -0.25) is 0 Å². The number of hydrogen-bond acceptors (Lipinski definition) is 1. The molecule has 6 rings (SSSR count). The molecule has 5 aromatic rings. The second-order valence-electron chi connectivity index (χ2n) is 8.27. The van der Waals surface area contributed by atoms with Gasteiger partial charge in [0.1, 0.15) is 5.12 Å². The molecule has 0 fully saturated rings. The number of ether oxygens (including phenoxy) is 1. The normalized spacial score (nSPS) is 17.8. The lowest BCUT2D eigenvalue weighted by atomic mass is 9.94. The van der Waals surface area contributed by atoms with Crippen LogP contribution in [0, 0.1) is 0 Å². The molecule has 1 aliphatic heterocycles. The van der Waals surface area contributed by atoms with E-state index in [4.69, 9.17) is 4.74 Å². The number of benzene rings is 2. The lowest BCUT2D eigenvalue weighted by Gasteiger charge is -2.25. The molecule has 0 aliphatic carbocycles. The molecule has 4 heteroatoms. The van der Waals surface area contributed by atoms with Gasteiger partial charge in [0, 0.05) is 31.4 Å². The zero-order valence-electron chi connectivity index (χ0n) is 18.0. The molecule has 1 aliphatic rings. The molecule has 2 aromatic carbocycles. The number of nitrogens with zero attached hydrogens (tertiary/aromatic N) is 2. The highest BCUT2D eigenvalue weighted by Gasteiger charge is 2.53. The summed E-state index contributed by atoms with van der Waals surface area (Å²) in [5.41, 5.74) is 7.10. The summed E-state index contributed by atoms with van der Waals surface area (Å²) in [7, 11) is 1.03. The summed E-state index contributed by atoms with van der Waals surface area (Å²) in [6, 6.07) is 31.0. The van der Waals surface area contributed by atoms with Crippen LogP contribution in [-0.4, -0.2) is 7.11 Å². The maximum Gasteiger partial charge on any atom is 0.448 e. The summed E-state index contributed by atoms with van der Waals surface area (Å²) in [5.74, 6) is 0. The third-order valence-corrected chi connectivity index (χ3v) is 9.20. The van der Waals surface area contributed by atoms with Crippen LogP contribution in [0.4, 0.5) is 0 Å². The number of aryl methyl sites for hydroxylation is 1. The SMILES string of the molecule is CCc1ccccc1-c1cccc2[n+]1-p1c3ccccc3c3cccc([n+]31)C2(C)OC. The summed E-state index contributed by atoms with van der Waals surface area (Å²) < 4.78 is 11.4. The van der Waals surface area contributed by atoms with Crippen LogP contribution in [0.25, 0.3) is 27.3 Å². The van der Waals surface area contributed by atoms with Gasteiger partial charge in [-0.25, -0.2) is 0 Å². The predicted molar refractivity (Wildman–Crippen MR) is 126 cm³/mol. The van der Waals surface area contributed by atoms with Gasteiger partial charge in [0.25, 0.3) is 0 Å². The Kier molecular flexibility index (Phi) is 4.08. The van der Waals surface area contributed by atoms with Crippen molar-refractivity contribution < 1.29 is 13.2 Å². The number of aromatic nitrogens is 2. The Bertz CT molecular complexity index is 1490. The molecule has 31 heavy (non-hydrogen) atoms. The van der Waals surface area contributed by atoms with Gasteiger partial charge in [0.15, 0.2) is 0 Å². The Morgan fingerprint density at radius 3 is 2.42 bits per heavy atom. The quantitative estimate of drug-likeness (QED) is 0.368. The first kappa shape index (κ1) is 18.7. The van der Waals surface area contributed by atoms with Crippen molar-refractivity contribution in [2.45, 2.75) is 25.9 Å². The zero-order valence-corrected chi connectivity index (χ0v) is 18.9. The average molecular weight is 424 g/mol. The van der Waals surface area contributed by atoms with E-state index in [2.05, 4.69) is 107 Å². The molecule has 0 saturated heterocycles. The molecule has 0 saturated carbocycles. The van der Waals surface area contributed by atoms with Crippen LogP contribution in [0.2, 0.25) is 0 Å². The summed E-state index contributed by atoms with van der Waals surface area (Å²) in [4.78, 5) is 0. The summed E-state index contributed by atoms with van der Waals surface area (Å²) in [6.45, 7) is 4.43. The van der Waals surface area contributed by atoms with E-state index in [-0.39, 0.29) is 0 Å². The fourth-order valence-electron chi connectivity index (χ4n) is 5.13. The third-order valence-electron chi connectivity index (χ3n) is 6.76. The van der Waals surface area contributed by atoms with E-state index in [9.17, 15) is 0 Å². The van der Waals surface area contributed by atoms with Crippen LogP contribution in [0.15, 0.2) is 84.9 Å². The van der Waals surface area contributed by atoms with Crippen molar-refractivity contribution in [2.24, 2.45) is 0 Å². The Labute approximate surface area is 183 Å². The van der Waals surface area contributed by atoms with Crippen molar-refractivity contribution in [1.82, 2.24) is 0 Å². The van der Waals surface area contributed by atoms with Crippen molar-refractivity contribution >= 4 is 23.9 Å². The van der Waals surface area contributed by atoms with Gasteiger partial charge in [-0.1, -0.05) is 45.8 Å². The molecule has 3 aromatic heterocycles. The van der Waals surface area contributed by atoms with Gasteiger partial charge in [0.2, 0.25) is 28.2 Å². The van der Waals surface area contributed by atoms with E-state index in [1.807, 2.05) is 7.11 Å². The van der Waals surface area contributed by atoms with Gasteiger partial charge in [-0.2, -0.15) is 0 Å². The maximum atomic E-state index is 6.28. The summed E-state index contributed by atoms with van der Waals surface area (Å²) in [5, 5.41) is 2.73. The first-order valence-electron chi connectivity index (χ1n) is 10.8. The lowest BCUT2D eigenvalue weighted by Crippen LogP contribution is -2.54. The second-order valence-corrected chi connectivity index (χ2v) is 10.1. The third kappa shape index (κ3) is 2.39.